The molecule has 2 aliphatic rings. The van der Waals surface area contributed by atoms with Gasteiger partial charge in [-0.2, -0.15) is 0 Å². The zero-order valence-electron chi connectivity index (χ0n) is 11.4. The second-order valence-corrected chi connectivity index (χ2v) is 5.93. The second kappa shape index (κ2) is 5.68. The van der Waals surface area contributed by atoms with Crippen molar-refractivity contribution >= 4 is 0 Å². The zero-order valence-corrected chi connectivity index (χ0v) is 11.4. The van der Waals surface area contributed by atoms with Gasteiger partial charge in [-0.25, -0.2) is 0 Å². The van der Waals surface area contributed by atoms with Gasteiger partial charge in [0.2, 0.25) is 0 Å². The maximum atomic E-state index is 10.2. The summed E-state index contributed by atoms with van der Waals surface area (Å²) in [5.74, 6) is 0.803. The minimum Gasteiger partial charge on any atom is -0.391 e. The third kappa shape index (κ3) is 3.21. The quantitative estimate of drug-likeness (QED) is 0.803. The van der Waals surface area contributed by atoms with Crippen LogP contribution in [0.4, 0.5) is 0 Å². The van der Waals surface area contributed by atoms with Gasteiger partial charge in [-0.05, 0) is 39.0 Å². The number of hydrogen-bond acceptors (Lipinski definition) is 3. The molecular weight excluding hydrogens is 214 g/mol. The summed E-state index contributed by atoms with van der Waals surface area (Å²) in [5.41, 5.74) is 0. The van der Waals surface area contributed by atoms with Crippen LogP contribution in [0.25, 0.3) is 0 Å². The highest BCUT2D eigenvalue weighted by Gasteiger charge is 2.35. The SMILES string of the molecule is CCC1CCC(O)C(N2CC(C)OC(C)C2)C1. The van der Waals surface area contributed by atoms with E-state index in [4.69, 9.17) is 4.74 Å². The molecule has 0 bridgehead atoms. The van der Waals surface area contributed by atoms with Crippen LogP contribution < -0.4 is 0 Å². The van der Waals surface area contributed by atoms with Gasteiger partial charge in [0, 0.05) is 19.1 Å². The van der Waals surface area contributed by atoms with Crippen LogP contribution in [-0.4, -0.2) is 47.4 Å². The molecule has 2 fully saturated rings. The summed E-state index contributed by atoms with van der Waals surface area (Å²) in [7, 11) is 0. The molecule has 1 N–H and O–H groups in total. The molecule has 1 heterocycles. The molecule has 1 aliphatic heterocycles. The zero-order chi connectivity index (χ0) is 12.4. The molecule has 0 aromatic heterocycles. The largest absolute Gasteiger partial charge is 0.391 e. The van der Waals surface area contributed by atoms with Crippen molar-refractivity contribution in [2.75, 3.05) is 13.1 Å². The fraction of sp³-hybridized carbons (Fsp3) is 1.00. The van der Waals surface area contributed by atoms with Gasteiger partial charge < -0.3 is 9.84 Å². The fourth-order valence-electron chi connectivity index (χ4n) is 3.47. The number of aliphatic hydroxyl groups excluding tert-OH is 1. The molecule has 1 saturated carbocycles. The lowest BCUT2D eigenvalue weighted by atomic mass is 9.81. The second-order valence-electron chi connectivity index (χ2n) is 5.93. The van der Waals surface area contributed by atoms with Crippen LogP contribution >= 0.6 is 0 Å². The van der Waals surface area contributed by atoms with Gasteiger partial charge in [0.05, 0.1) is 18.3 Å². The van der Waals surface area contributed by atoms with E-state index in [9.17, 15) is 5.11 Å². The monoisotopic (exact) mass is 241 g/mol. The Kier molecular flexibility index (Phi) is 4.45. The Balaban J connectivity index is 1.98. The van der Waals surface area contributed by atoms with E-state index in [2.05, 4.69) is 25.7 Å². The maximum Gasteiger partial charge on any atom is 0.0695 e. The molecule has 0 aromatic carbocycles. The molecular formula is C14H27NO2. The first-order valence-electron chi connectivity index (χ1n) is 7.17. The summed E-state index contributed by atoms with van der Waals surface area (Å²) in [6, 6.07) is 0.363. The lowest BCUT2D eigenvalue weighted by Gasteiger charge is -2.45. The highest BCUT2D eigenvalue weighted by molar-refractivity contribution is 4.89. The molecule has 0 aromatic rings. The molecule has 2 rings (SSSR count). The summed E-state index contributed by atoms with van der Waals surface area (Å²) < 4.78 is 5.77. The number of ether oxygens (including phenoxy) is 1. The standard InChI is InChI=1S/C14H27NO2/c1-4-12-5-6-14(16)13(7-12)15-8-10(2)17-11(3)9-15/h10-14,16H,4-9H2,1-3H3. The van der Waals surface area contributed by atoms with Crippen molar-refractivity contribution in [3.63, 3.8) is 0 Å². The van der Waals surface area contributed by atoms with E-state index in [0.717, 1.165) is 31.8 Å². The van der Waals surface area contributed by atoms with Crippen molar-refractivity contribution in [3.05, 3.63) is 0 Å². The van der Waals surface area contributed by atoms with Gasteiger partial charge >= 0.3 is 0 Å². The third-order valence-corrected chi connectivity index (χ3v) is 4.38. The van der Waals surface area contributed by atoms with Crippen LogP contribution in [0.1, 0.15) is 46.5 Å². The predicted octanol–water partition coefficient (Wildman–Crippen LogP) is 2.04. The molecule has 1 saturated heterocycles. The first kappa shape index (κ1) is 13.3. The van der Waals surface area contributed by atoms with Crippen molar-refractivity contribution in [1.29, 1.82) is 0 Å². The van der Waals surface area contributed by atoms with Gasteiger partial charge in [-0.3, -0.25) is 4.90 Å². The van der Waals surface area contributed by atoms with Crippen LogP contribution in [0, 0.1) is 5.92 Å². The lowest BCUT2D eigenvalue weighted by molar-refractivity contribution is -0.106. The van der Waals surface area contributed by atoms with E-state index in [0.29, 0.717) is 18.2 Å². The Morgan fingerprint density at radius 2 is 1.82 bits per heavy atom. The summed E-state index contributed by atoms with van der Waals surface area (Å²) in [4.78, 5) is 2.46. The summed E-state index contributed by atoms with van der Waals surface area (Å²) in [6.07, 6.45) is 5.05. The molecule has 5 unspecified atom stereocenters. The Bertz CT molecular complexity index is 236. The molecule has 5 atom stereocenters. The average molecular weight is 241 g/mol. The Morgan fingerprint density at radius 1 is 1.18 bits per heavy atom. The summed E-state index contributed by atoms with van der Waals surface area (Å²) in [6.45, 7) is 8.49. The smallest absolute Gasteiger partial charge is 0.0695 e. The van der Waals surface area contributed by atoms with E-state index in [-0.39, 0.29) is 6.10 Å². The number of morpholine rings is 1. The maximum absolute atomic E-state index is 10.2. The molecule has 100 valence electrons. The Hall–Kier alpha value is -0.120. The van der Waals surface area contributed by atoms with E-state index >= 15 is 0 Å². The Morgan fingerprint density at radius 3 is 2.41 bits per heavy atom. The van der Waals surface area contributed by atoms with Gasteiger partial charge in [-0.15, -0.1) is 0 Å². The van der Waals surface area contributed by atoms with Gasteiger partial charge in [0.15, 0.2) is 0 Å². The minimum absolute atomic E-state index is 0.129. The van der Waals surface area contributed by atoms with E-state index in [1.807, 2.05) is 0 Å². The van der Waals surface area contributed by atoms with E-state index < -0.39 is 0 Å². The van der Waals surface area contributed by atoms with Crippen molar-refractivity contribution < 1.29 is 9.84 Å². The number of hydrogen-bond donors (Lipinski definition) is 1. The first-order valence-corrected chi connectivity index (χ1v) is 7.17. The van der Waals surface area contributed by atoms with Gasteiger partial charge in [0.1, 0.15) is 0 Å². The number of nitrogens with zero attached hydrogens (tertiary/aromatic N) is 1. The molecule has 0 amide bonds. The van der Waals surface area contributed by atoms with Crippen LogP contribution in [-0.2, 0) is 4.74 Å². The lowest BCUT2D eigenvalue weighted by Crippen LogP contribution is -2.55. The highest BCUT2D eigenvalue weighted by Crippen LogP contribution is 2.31. The third-order valence-electron chi connectivity index (χ3n) is 4.38. The van der Waals surface area contributed by atoms with Crippen LogP contribution in [0.15, 0.2) is 0 Å². The van der Waals surface area contributed by atoms with Crippen LogP contribution in [0.5, 0.6) is 0 Å². The van der Waals surface area contributed by atoms with E-state index in [1.165, 1.54) is 12.8 Å². The fourth-order valence-corrected chi connectivity index (χ4v) is 3.47. The van der Waals surface area contributed by atoms with Crippen LogP contribution in [0.2, 0.25) is 0 Å². The molecule has 0 spiro atoms. The highest BCUT2D eigenvalue weighted by atomic mass is 16.5. The van der Waals surface area contributed by atoms with Gasteiger partial charge in [-0.1, -0.05) is 13.3 Å². The molecule has 3 heteroatoms. The topological polar surface area (TPSA) is 32.7 Å². The van der Waals surface area contributed by atoms with Crippen LogP contribution in [0.3, 0.4) is 0 Å². The first-order chi connectivity index (χ1) is 8.10. The van der Waals surface area contributed by atoms with Gasteiger partial charge in [0.25, 0.3) is 0 Å². The van der Waals surface area contributed by atoms with Crippen molar-refractivity contribution in [2.24, 2.45) is 5.92 Å². The summed E-state index contributed by atoms with van der Waals surface area (Å²) >= 11 is 0. The van der Waals surface area contributed by atoms with Crippen molar-refractivity contribution in [3.8, 4) is 0 Å². The molecule has 1 aliphatic carbocycles. The normalized spacial score (nSPS) is 44.8. The number of rotatable bonds is 2. The summed E-state index contributed by atoms with van der Waals surface area (Å²) in [5, 5.41) is 10.2. The molecule has 17 heavy (non-hydrogen) atoms. The molecule has 0 radical (unpaired) electrons. The van der Waals surface area contributed by atoms with Crippen molar-refractivity contribution in [1.82, 2.24) is 4.90 Å². The predicted molar refractivity (Wildman–Crippen MR) is 69.0 cm³/mol. The minimum atomic E-state index is -0.129. The number of aliphatic hydroxyl groups is 1. The van der Waals surface area contributed by atoms with Crippen molar-refractivity contribution in [2.45, 2.75) is 70.8 Å². The van der Waals surface area contributed by atoms with E-state index in [1.54, 1.807) is 0 Å². The molecule has 3 nitrogen and oxygen atoms in total. The average Bonchev–Trinajstić information content (AvgIpc) is 2.28. The Labute approximate surface area is 105 Å².